The first-order chi connectivity index (χ1) is 11.4. The summed E-state index contributed by atoms with van der Waals surface area (Å²) in [6.45, 7) is 0.467. The Balaban J connectivity index is 0.000000136. The van der Waals surface area contributed by atoms with E-state index in [1.54, 1.807) is 12.4 Å². The van der Waals surface area contributed by atoms with Crippen LogP contribution >= 0.6 is 0 Å². The number of aromatic amines is 1. The quantitative estimate of drug-likeness (QED) is 0.596. The summed E-state index contributed by atoms with van der Waals surface area (Å²) in [6.07, 6.45) is 3.54. The number of para-hydroxylation sites is 2. The van der Waals surface area contributed by atoms with Gasteiger partial charge in [-0.3, -0.25) is 9.97 Å². The van der Waals surface area contributed by atoms with Gasteiger partial charge in [0.15, 0.2) is 0 Å². The number of nitrogens with zero attached hydrogens (tertiary/aromatic N) is 3. The number of fused-ring (bicyclic) bond motifs is 1. The molecule has 0 saturated heterocycles. The average molecular weight is 303 g/mol. The van der Waals surface area contributed by atoms with E-state index in [0.717, 1.165) is 28.2 Å². The molecule has 0 aliphatic rings. The first-order valence-corrected chi connectivity index (χ1v) is 7.33. The number of nitrogens with two attached hydrogens (primary N) is 1. The molecule has 0 bridgehead atoms. The molecule has 0 spiro atoms. The first kappa shape index (κ1) is 14.9. The molecule has 0 unspecified atom stereocenters. The minimum atomic E-state index is 0.467. The summed E-state index contributed by atoms with van der Waals surface area (Å²) < 4.78 is 0. The van der Waals surface area contributed by atoms with Crippen LogP contribution < -0.4 is 5.73 Å². The highest BCUT2D eigenvalue weighted by Gasteiger charge is 1.97. The lowest BCUT2D eigenvalue weighted by Gasteiger charge is -1.96. The number of hydrogen-bond donors (Lipinski definition) is 2. The van der Waals surface area contributed by atoms with Gasteiger partial charge in [0.1, 0.15) is 5.82 Å². The number of nitrogens with one attached hydrogen (secondary N) is 1. The predicted molar refractivity (Wildman–Crippen MR) is 91.5 cm³/mol. The van der Waals surface area contributed by atoms with Crippen LogP contribution in [0.1, 0.15) is 5.82 Å². The molecule has 5 nitrogen and oxygen atoms in total. The van der Waals surface area contributed by atoms with Crippen LogP contribution in [0.5, 0.6) is 0 Å². The summed E-state index contributed by atoms with van der Waals surface area (Å²) in [6, 6.07) is 19.5. The van der Waals surface area contributed by atoms with Crippen molar-refractivity contribution in [2.75, 3.05) is 0 Å². The van der Waals surface area contributed by atoms with Gasteiger partial charge in [0.05, 0.1) is 29.0 Å². The van der Waals surface area contributed by atoms with Crippen molar-refractivity contribution in [2.24, 2.45) is 5.73 Å². The molecule has 5 heteroatoms. The topological polar surface area (TPSA) is 80.5 Å². The maximum atomic E-state index is 5.42. The molecule has 0 amide bonds. The summed E-state index contributed by atoms with van der Waals surface area (Å²) in [5.41, 5.74) is 9.28. The van der Waals surface area contributed by atoms with Crippen LogP contribution in [0.3, 0.4) is 0 Å². The Bertz CT molecular complexity index is 786. The Hall–Kier alpha value is -3.05. The lowest BCUT2D eigenvalue weighted by molar-refractivity contribution is 0.958. The van der Waals surface area contributed by atoms with Crippen LogP contribution in [0.15, 0.2) is 73.1 Å². The minimum absolute atomic E-state index is 0.467. The van der Waals surface area contributed by atoms with Crippen LogP contribution in [0.2, 0.25) is 0 Å². The zero-order chi connectivity index (χ0) is 15.9. The van der Waals surface area contributed by atoms with Gasteiger partial charge in [-0.1, -0.05) is 24.3 Å². The molecule has 4 aromatic rings. The molecular weight excluding hydrogens is 286 g/mol. The Morgan fingerprint density at radius 3 is 1.91 bits per heavy atom. The fraction of sp³-hybridized carbons (Fsp3) is 0.0556. The van der Waals surface area contributed by atoms with Crippen molar-refractivity contribution in [2.45, 2.75) is 6.54 Å². The van der Waals surface area contributed by atoms with E-state index in [9.17, 15) is 0 Å². The van der Waals surface area contributed by atoms with Gasteiger partial charge in [0.25, 0.3) is 0 Å². The highest BCUT2D eigenvalue weighted by atomic mass is 14.9. The fourth-order valence-electron chi connectivity index (χ4n) is 2.13. The normalized spacial score (nSPS) is 10.1. The molecule has 0 radical (unpaired) electrons. The lowest BCUT2D eigenvalue weighted by atomic mass is 10.2. The lowest BCUT2D eigenvalue weighted by Crippen LogP contribution is -1.97. The van der Waals surface area contributed by atoms with Crippen molar-refractivity contribution in [1.82, 2.24) is 19.9 Å². The molecular formula is C18H17N5. The summed E-state index contributed by atoms with van der Waals surface area (Å²) in [4.78, 5) is 15.7. The highest BCUT2D eigenvalue weighted by Crippen LogP contribution is 2.11. The van der Waals surface area contributed by atoms with Crippen molar-refractivity contribution in [3.8, 4) is 11.4 Å². The smallest absolute Gasteiger partial charge is 0.121 e. The van der Waals surface area contributed by atoms with Gasteiger partial charge < -0.3 is 10.7 Å². The average Bonchev–Trinajstić information content (AvgIpc) is 3.07. The van der Waals surface area contributed by atoms with E-state index in [0.29, 0.717) is 6.54 Å². The van der Waals surface area contributed by atoms with E-state index in [-0.39, 0.29) is 0 Å². The standard InChI is InChI=1S/C10H8N2.C8H9N3/c1-3-7-11-9(5-1)10-6-2-4-8-12-10;9-5-8-10-6-3-1-2-4-7(6)11-8/h1-8H;1-4H,5,9H2,(H,10,11). The van der Waals surface area contributed by atoms with E-state index < -0.39 is 0 Å². The molecule has 0 saturated carbocycles. The number of H-pyrrole nitrogens is 1. The third kappa shape index (κ3) is 3.78. The molecule has 3 N–H and O–H groups in total. The molecule has 23 heavy (non-hydrogen) atoms. The predicted octanol–water partition coefficient (Wildman–Crippen LogP) is 3.17. The van der Waals surface area contributed by atoms with Gasteiger partial charge in [-0.15, -0.1) is 0 Å². The second-order valence-corrected chi connectivity index (χ2v) is 4.83. The van der Waals surface area contributed by atoms with Gasteiger partial charge in [-0.2, -0.15) is 0 Å². The van der Waals surface area contributed by atoms with Gasteiger partial charge in [0.2, 0.25) is 0 Å². The van der Waals surface area contributed by atoms with Crippen molar-refractivity contribution in [1.29, 1.82) is 0 Å². The van der Waals surface area contributed by atoms with Crippen molar-refractivity contribution < 1.29 is 0 Å². The maximum Gasteiger partial charge on any atom is 0.121 e. The summed E-state index contributed by atoms with van der Waals surface area (Å²) in [5.74, 6) is 0.839. The third-order valence-corrected chi connectivity index (χ3v) is 3.22. The number of hydrogen-bond acceptors (Lipinski definition) is 4. The van der Waals surface area contributed by atoms with Gasteiger partial charge in [0, 0.05) is 12.4 Å². The molecule has 3 aromatic heterocycles. The molecule has 0 fully saturated rings. The fourth-order valence-corrected chi connectivity index (χ4v) is 2.13. The second kappa shape index (κ2) is 7.29. The molecule has 1 aromatic carbocycles. The van der Waals surface area contributed by atoms with Crippen LogP contribution in [-0.2, 0) is 6.54 Å². The Morgan fingerprint density at radius 1 is 0.783 bits per heavy atom. The monoisotopic (exact) mass is 303 g/mol. The molecule has 0 aliphatic heterocycles. The minimum Gasteiger partial charge on any atom is -0.341 e. The van der Waals surface area contributed by atoms with Crippen molar-refractivity contribution >= 4 is 11.0 Å². The first-order valence-electron chi connectivity index (χ1n) is 7.33. The zero-order valence-corrected chi connectivity index (χ0v) is 12.6. The molecule has 4 rings (SSSR count). The van der Waals surface area contributed by atoms with Gasteiger partial charge in [-0.05, 0) is 36.4 Å². The second-order valence-electron chi connectivity index (χ2n) is 4.83. The summed E-state index contributed by atoms with van der Waals surface area (Å²) in [7, 11) is 0. The SMILES string of the molecule is NCc1nc2ccccc2[nH]1.c1ccc(-c2ccccn2)nc1. The van der Waals surface area contributed by atoms with E-state index in [2.05, 4.69) is 19.9 Å². The largest absolute Gasteiger partial charge is 0.341 e. The summed E-state index contributed by atoms with van der Waals surface area (Å²) in [5, 5.41) is 0. The van der Waals surface area contributed by atoms with Crippen LogP contribution in [0, 0.1) is 0 Å². The van der Waals surface area contributed by atoms with Crippen LogP contribution in [0.4, 0.5) is 0 Å². The number of benzene rings is 1. The Labute approximate surface area is 134 Å². The van der Waals surface area contributed by atoms with Crippen molar-refractivity contribution in [3.05, 3.63) is 78.9 Å². The van der Waals surface area contributed by atoms with Crippen LogP contribution in [0.25, 0.3) is 22.4 Å². The van der Waals surface area contributed by atoms with Crippen molar-refractivity contribution in [3.63, 3.8) is 0 Å². The number of rotatable bonds is 2. The van der Waals surface area contributed by atoms with E-state index in [4.69, 9.17) is 5.73 Å². The van der Waals surface area contributed by atoms with Crippen LogP contribution in [-0.4, -0.2) is 19.9 Å². The highest BCUT2D eigenvalue weighted by molar-refractivity contribution is 5.74. The van der Waals surface area contributed by atoms with E-state index >= 15 is 0 Å². The number of aromatic nitrogens is 4. The van der Waals surface area contributed by atoms with E-state index in [1.807, 2.05) is 60.7 Å². The summed E-state index contributed by atoms with van der Waals surface area (Å²) >= 11 is 0. The Morgan fingerprint density at radius 2 is 1.39 bits per heavy atom. The number of pyridine rings is 2. The molecule has 0 aliphatic carbocycles. The van der Waals surface area contributed by atoms with Gasteiger partial charge >= 0.3 is 0 Å². The van der Waals surface area contributed by atoms with E-state index in [1.165, 1.54) is 0 Å². The third-order valence-electron chi connectivity index (χ3n) is 3.22. The maximum absolute atomic E-state index is 5.42. The molecule has 114 valence electrons. The molecule has 0 atom stereocenters. The number of imidazole rings is 1. The van der Waals surface area contributed by atoms with Gasteiger partial charge in [-0.25, -0.2) is 4.98 Å². The molecule has 3 heterocycles. The Kier molecular flexibility index (Phi) is 4.71. The zero-order valence-electron chi connectivity index (χ0n) is 12.6.